The number of carbonyl (C=O) groups excluding carboxylic acids is 1. The molecule has 23 heavy (non-hydrogen) atoms. The Morgan fingerprint density at radius 2 is 2.00 bits per heavy atom. The Bertz CT molecular complexity index is 558. The van der Waals surface area contributed by atoms with Crippen LogP contribution in [0.3, 0.4) is 0 Å². The molecule has 0 N–H and O–H groups in total. The molecule has 0 radical (unpaired) electrons. The van der Waals surface area contributed by atoms with Crippen molar-refractivity contribution in [2.24, 2.45) is 0 Å². The zero-order valence-corrected chi connectivity index (χ0v) is 15.2. The molecule has 1 fully saturated rings. The first-order valence-corrected chi connectivity index (χ1v) is 8.33. The van der Waals surface area contributed by atoms with Crippen molar-refractivity contribution in [3.8, 4) is 5.75 Å². The summed E-state index contributed by atoms with van der Waals surface area (Å²) in [6.45, 7) is 8.42. The predicted octanol–water partition coefficient (Wildman–Crippen LogP) is 4.54. The monoisotopic (exact) mass is 319 g/mol. The fourth-order valence-electron chi connectivity index (χ4n) is 2.70. The van der Waals surface area contributed by atoms with Gasteiger partial charge in [0.05, 0.1) is 7.11 Å². The molecule has 1 saturated carbocycles. The second-order valence-corrected chi connectivity index (χ2v) is 7.54. The maximum Gasteiger partial charge on any atom is 0.410 e. The third-order valence-corrected chi connectivity index (χ3v) is 4.09. The van der Waals surface area contributed by atoms with Crippen LogP contribution in [0, 0.1) is 0 Å². The standard InChI is InChI=1S/C19H29NO3/c1-13(12-20(5)18(21)23-19(2,3)4)15-9-10-17(22-6)16(11-15)14-7-8-14/h9-11,13-14H,7-8,12H2,1-6H3. The van der Waals surface area contributed by atoms with E-state index < -0.39 is 5.60 Å². The lowest BCUT2D eigenvalue weighted by molar-refractivity contribution is 0.0291. The van der Waals surface area contributed by atoms with Crippen molar-refractivity contribution in [3.63, 3.8) is 0 Å². The number of amides is 1. The topological polar surface area (TPSA) is 38.8 Å². The molecule has 1 amide bonds. The zero-order valence-electron chi connectivity index (χ0n) is 15.2. The first-order valence-electron chi connectivity index (χ1n) is 8.33. The molecule has 1 aromatic rings. The number of methoxy groups -OCH3 is 1. The normalized spacial score (nSPS) is 15.9. The van der Waals surface area contributed by atoms with Crippen molar-refractivity contribution >= 4 is 6.09 Å². The highest BCUT2D eigenvalue weighted by Gasteiger charge is 2.28. The van der Waals surface area contributed by atoms with Crippen LogP contribution in [0.5, 0.6) is 5.75 Å². The third kappa shape index (κ3) is 4.88. The van der Waals surface area contributed by atoms with Gasteiger partial charge in [0, 0.05) is 13.6 Å². The summed E-state index contributed by atoms with van der Waals surface area (Å²) in [5, 5.41) is 0. The Morgan fingerprint density at radius 1 is 1.35 bits per heavy atom. The van der Waals surface area contributed by atoms with E-state index in [4.69, 9.17) is 9.47 Å². The van der Waals surface area contributed by atoms with E-state index in [9.17, 15) is 4.79 Å². The first kappa shape index (κ1) is 17.6. The second-order valence-electron chi connectivity index (χ2n) is 7.54. The van der Waals surface area contributed by atoms with Gasteiger partial charge in [-0.3, -0.25) is 0 Å². The van der Waals surface area contributed by atoms with Gasteiger partial charge in [-0.25, -0.2) is 4.79 Å². The van der Waals surface area contributed by atoms with Gasteiger partial charge in [-0.1, -0.05) is 19.1 Å². The minimum Gasteiger partial charge on any atom is -0.496 e. The molecule has 4 heteroatoms. The molecular weight excluding hydrogens is 290 g/mol. The predicted molar refractivity (Wildman–Crippen MR) is 92.2 cm³/mol. The van der Waals surface area contributed by atoms with Crippen molar-refractivity contribution in [1.29, 1.82) is 0 Å². The van der Waals surface area contributed by atoms with Gasteiger partial charge >= 0.3 is 6.09 Å². The van der Waals surface area contributed by atoms with Gasteiger partial charge in [0.25, 0.3) is 0 Å². The van der Waals surface area contributed by atoms with E-state index in [2.05, 4.69) is 19.1 Å². The number of benzene rings is 1. The van der Waals surface area contributed by atoms with Crippen molar-refractivity contribution in [2.75, 3.05) is 20.7 Å². The number of hydrogen-bond acceptors (Lipinski definition) is 3. The van der Waals surface area contributed by atoms with Crippen molar-refractivity contribution in [3.05, 3.63) is 29.3 Å². The molecule has 0 spiro atoms. The highest BCUT2D eigenvalue weighted by Crippen LogP contribution is 2.45. The molecular formula is C19H29NO3. The lowest BCUT2D eigenvalue weighted by Crippen LogP contribution is -2.36. The third-order valence-electron chi connectivity index (χ3n) is 4.09. The van der Waals surface area contributed by atoms with Gasteiger partial charge in [-0.2, -0.15) is 0 Å². The number of carbonyl (C=O) groups is 1. The van der Waals surface area contributed by atoms with Gasteiger partial charge in [0.1, 0.15) is 11.4 Å². The zero-order chi connectivity index (χ0) is 17.2. The van der Waals surface area contributed by atoms with E-state index in [1.54, 1.807) is 19.1 Å². The SMILES string of the molecule is COc1ccc(C(C)CN(C)C(=O)OC(C)(C)C)cc1C1CC1. The van der Waals surface area contributed by atoms with Gasteiger partial charge in [-0.05, 0) is 62.6 Å². The Balaban J connectivity index is 2.04. The van der Waals surface area contributed by atoms with Crippen molar-refractivity contribution in [1.82, 2.24) is 4.90 Å². The smallest absolute Gasteiger partial charge is 0.410 e. The minimum atomic E-state index is -0.464. The quantitative estimate of drug-likeness (QED) is 0.799. The lowest BCUT2D eigenvalue weighted by Gasteiger charge is -2.26. The van der Waals surface area contributed by atoms with Crippen LogP contribution in [0.2, 0.25) is 0 Å². The fourth-order valence-corrected chi connectivity index (χ4v) is 2.70. The van der Waals surface area contributed by atoms with E-state index >= 15 is 0 Å². The molecule has 0 bridgehead atoms. The Morgan fingerprint density at radius 3 is 2.52 bits per heavy atom. The van der Waals surface area contributed by atoms with Crippen molar-refractivity contribution in [2.45, 2.75) is 58.0 Å². The molecule has 0 saturated heterocycles. The molecule has 128 valence electrons. The van der Waals surface area contributed by atoms with E-state index in [0.29, 0.717) is 12.5 Å². The number of rotatable bonds is 5. The summed E-state index contributed by atoms with van der Waals surface area (Å²) >= 11 is 0. The van der Waals surface area contributed by atoms with Crippen LogP contribution < -0.4 is 4.74 Å². The maximum absolute atomic E-state index is 12.1. The number of ether oxygens (including phenoxy) is 2. The molecule has 1 aliphatic rings. The van der Waals surface area contributed by atoms with Crippen LogP contribution in [-0.4, -0.2) is 37.3 Å². The van der Waals surface area contributed by atoms with E-state index in [1.165, 1.54) is 24.0 Å². The highest BCUT2D eigenvalue weighted by molar-refractivity contribution is 5.67. The maximum atomic E-state index is 12.1. The van der Waals surface area contributed by atoms with E-state index in [1.807, 2.05) is 26.8 Å². The van der Waals surface area contributed by atoms with Crippen LogP contribution >= 0.6 is 0 Å². The molecule has 1 atom stereocenters. The average Bonchev–Trinajstić information content (AvgIpc) is 3.29. The highest BCUT2D eigenvalue weighted by atomic mass is 16.6. The Kier molecular flexibility index (Phi) is 5.23. The minimum absolute atomic E-state index is 0.246. The molecule has 1 aromatic carbocycles. The van der Waals surface area contributed by atoms with Gasteiger partial charge in [0.15, 0.2) is 0 Å². The molecule has 4 nitrogen and oxygen atoms in total. The van der Waals surface area contributed by atoms with Crippen LogP contribution in [0.25, 0.3) is 0 Å². The lowest BCUT2D eigenvalue weighted by atomic mass is 9.96. The van der Waals surface area contributed by atoms with Crippen LogP contribution in [0.1, 0.15) is 63.5 Å². The Hall–Kier alpha value is -1.71. The molecule has 2 rings (SSSR count). The fraction of sp³-hybridized carbons (Fsp3) is 0.632. The summed E-state index contributed by atoms with van der Waals surface area (Å²) in [4.78, 5) is 13.7. The summed E-state index contributed by atoms with van der Waals surface area (Å²) in [6, 6.07) is 6.38. The molecule has 0 aliphatic heterocycles. The van der Waals surface area contributed by atoms with Crippen LogP contribution in [0.15, 0.2) is 18.2 Å². The molecule has 1 aliphatic carbocycles. The number of likely N-dealkylation sites (N-methyl/N-ethyl adjacent to an activating group) is 1. The van der Waals surface area contributed by atoms with Crippen molar-refractivity contribution < 1.29 is 14.3 Å². The second kappa shape index (κ2) is 6.81. The van der Waals surface area contributed by atoms with Gasteiger partial charge in [-0.15, -0.1) is 0 Å². The van der Waals surface area contributed by atoms with Gasteiger partial charge < -0.3 is 14.4 Å². The van der Waals surface area contributed by atoms with Crippen LogP contribution in [-0.2, 0) is 4.74 Å². The van der Waals surface area contributed by atoms with E-state index in [-0.39, 0.29) is 12.0 Å². The molecule has 0 aromatic heterocycles. The summed E-state index contributed by atoms with van der Waals surface area (Å²) < 4.78 is 10.9. The number of hydrogen-bond donors (Lipinski definition) is 0. The summed E-state index contributed by atoms with van der Waals surface area (Å²) in [5.74, 6) is 1.86. The largest absolute Gasteiger partial charge is 0.496 e. The van der Waals surface area contributed by atoms with E-state index in [0.717, 1.165) is 5.75 Å². The van der Waals surface area contributed by atoms with Gasteiger partial charge in [0.2, 0.25) is 0 Å². The first-order chi connectivity index (χ1) is 10.7. The summed E-state index contributed by atoms with van der Waals surface area (Å²) in [5.41, 5.74) is 2.08. The average molecular weight is 319 g/mol. The number of nitrogens with zero attached hydrogens (tertiary/aromatic N) is 1. The Labute approximate surface area is 139 Å². The molecule has 0 heterocycles. The summed E-state index contributed by atoms with van der Waals surface area (Å²) in [7, 11) is 3.51. The van der Waals surface area contributed by atoms with Crippen LogP contribution in [0.4, 0.5) is 4.79 Å². The molecule has 1 unspecified atom stereocenters. The summed E-state index contributed by atoms with van der Waals surface area (Å²) in [6.07, 6.45) is 2.21.